The lowest BCUT2D eigenvalue weighted by atomic mass is 9.94. The molecule has 0 radical (unpaired) electrons. The molecule has 1 heterocycles. The van der Waals surface area contributed by atoms with Crippen LogP contribution in [0.4, 0.5) is 42.1 Å². The molecule has 3 aliphatic rings. The summed E-state index contributed by atoms with van der Waals surface area (Å²) < 4.78 is 129. The highest BCUT2D eigenvalue weighted by Gasteiger charge is 2.52. The van der Waals surface area contributed by atoms with Gasteiger partial charge >= 0.3 is 12.1 Å². The van der Waals surface area contributed by atoms with Crippen molar-refractivity contribution in [3.05, 3.63) is 42.2 Å². The van der Waals surface area contributed by atoms with Crippen LogP contribution in [0.3, 0.4) is 0 Å². The van der Waals surface area contributed by atoms with Crippen molar-refractivity contribution in [3.8, 4) is 5.75 Å². The average molecular weight is 642 g/mol. The van der Waals surface area contributed by atoms with E-state index in [9.17, 15) is 44.7 Å². The van der Waals surface area contributed by atoms with Crippen molar-refractivity contribution in [2.75, 3.05) is 18.1 Å². The molecular weight excluding hydrogens is 615 g/mol. The number of hydrogen-bond acceptors (Lipinski definition) is 6. The normalized spacial score (nSPS) is 24.3. The van der Waals surface area contributed by atoms with Gasteiger partial charge < -0.3 is 14.7 Å². The van der Waals surface area contributed by atoms with Gasteiger partial charge in [0.1, 0.15) is 23.6 Å². The summed E-state index contributed by atoms with van der Waals surface area (Å²) in [4.78, 5) is 12.5. The van der Waals surface area contributed by atoms with Crippen LogP contribution in [0.15, 0.2) is 46.2 Å². The molecule has 0 unspecified atom stereocenters. The number of aliphatic carboxylic acids is 1. The average Bonchev–Trinajstić information content (AvgIpc) is 3.68. The first kappa shape index (κ1) is 30.8. The molecule has 0 amide bonds. The second-order valence-corrected chi connectivity index (χ2v) is 14.4. The molecule has 2 aromatic rings. The zero-order chi connectivity index (χ0) is 30.7. The van der Waals surface area contributed by atoms with Gasteiger partial charge in [0.15, 0.2) is 0 Å². The van der Waals surface area contributed by atoms with E-state index >= 15 is 4.39 Å². The van der Waals surface area contributed by atoms with Crippen LogP contribution in [-0.4, -0.2) is 55.5 Å². The van der Waals surface area contributed by atoms with E-state index in [4.69, 9.17) is 4.74 Å². The Morgan fingerprint density at radius 1 is 1.12 bits per heavy atom. The summed E-state index contributed by atoms with van der Waals surface area (Å²) in [7, 11) is -4.93. The minimum Gasteiger partial charge on any atom is -0.491 e. The number of fused-ring (bicyclic) bond motifs is 1. The third-order valence-corrected chi connectivity index (χ3v) is 11.0. The van der Waals surface area contributed by atoms with E-state index in [-0.39, 0.29) is 28.6 Å². The molecule has 2 aliphatic carbocycles. The maximum Gasteiger partial charge on any atom is 0.389 e. The van der Waals surface area contributed by atoms with Crippen molar-refractivity contribution in [2.24, 2.45) is 11.3 Å². The first-order valence-electron chi connectivity index (χ1n) is 13.1. The van der Waals surface area contributed by atoms with E-state index in [1.165, 1.54) is 23.1 Å². The second kappa shape index (κ2) is 10.8. The molecule has 1 N–H and O–H groups in total. The summed E-state index contributed by atoms with van der Waals surface area (Å²) in [5.74, 6) is -6.46. The Morgan fingerprint density at radius 2 is 1.76 bits per heavy atom. The molecule has 2 atom stereocenters. The summed E-state index contributed by atoms with van der Waals surface area (Å²) in [5, 5.41) is 8.95. The molecule has 2 saturated carbocycles. The van der Waals surface area contributed by atoms with E-state index in [0.717, 1.165) is 30.0 Å². The summed E-state index contributed by atoms with van der Waals surface area (Å²) in [5.41, 5.74) is -3.92. The molecule has 6 nitrogen and oxygen atoms in total. The molecule has 15 heteroatoms. The third kappa shape index (κ3) is 6.31. The number of thioether (sulfide) groups is 1. The molecule has 1 aliphatic heterocycles. The van der Waals surface area contributed by atoms with Crippen LogP contribution in [0.1, 0.15) is 38.5 Å². The molecule has 5 rings (SSSR count). The summed E-state index contributed by atoms with van der Waals surface area (Å²) in [6, 6.07) is 6.90. The molecular formula is C27H26F7NO5S2. The number of carbonyl (C=O) groups is 1. The van der Waals surface area contributed by atoms with E-state index in [1.807, 2.05) is 0 Å². The minimum atomic E-state index is -4.93. The van der Waals surface area contributed by atoms with Crippen LogP contribution in [0.5, 0.6) is 5.75 Å². The zero-order valence-electron chi connectivity index (χ0n) is 21.8. The van der Waals surface area contributed by atoms with Gasteiger partial charge in [-0.1, -0.05) is 0 Å². The minimum absolute atomic E-state index is 0.140. The first-order chi connectivity index (χ1) is 19.5. The lowest BCUT2D eigenvalue weighted by molar-refractivity contribution is -0.144. The molecule has 0 aromatic heterocycles. The Balaban J connectivity index is 1.61. The second-order valence-electron chi connectivity index (χ2n) is 11.0. The quantitative estimate of drug-likeness (QED) is 0.292. The number of ether oxygens (including phenoxy) is 1. The monoisotopic (exact) mass is 641 g/mol. The van der Waals surface area contributed by atoms with Crippen molar-refractivity contribution < 1.29 is 53.8 Å². The van der Waals surface area contributed by atoms with Crippen molar-refractivity contribution in [1.29, 1.82) is 0 Å². The Hall–Kier alpha value is -2.68. The van der Waals surface area contributed by atoms with Crippen molar-refractivity contribution in [3.63, 3.8) is 0 Å². The highest BCUT2D eigenvalue weighted by atomic mass is 32.2. The fraction of sp³-hybridized carbons (Fsp3) is 0.519. The van der Waals surface area contributed by atoms with Crippen LogP contribution in [-0.2, 0) is 14.6 Å². The molecule has 230 valence electrons. The van der Waals surface area contributed by atoms with Gasteiger partial charge in [-0.05, 0) is 49.6 Å². The molecule has 2 fully saturated rings. The Kier molecular flexibility index (Phi) is 7.91. The highest BCUT2D eigenvalue weighted by Crippen LogP contribution is 2.53. The fourth-order valence-electron chi connectivity index (χ4n) is 5.06. The van der Waals surface area contributed by atoms with Gasteiger partial charge in [0, 0.05) is 48.7 Å². The summed E-state index contributed by atoms with van der Waals surface area (Å²) in [6.45, 7) is -0.868. The van der Waals surface area contributed by atoms with Gasteiger partial charge in [0.05, 0.1) is 15.5 Å². The summed E-state index contributed by atoms with van der Waals surface area (Å²) >= 11 is 0.957. The van der Waals surface area contributed by atoms with E-state index in [1.54, 1.807) is 0 Å². The molecule has 0 saturated heterocycles. The van der Waals surface area contributed by atoms with Crippen molar-refractivity contribution >= 4 is 38.9 Å². The van der Waals surface area contributed by atoms with Crippen LogP contribution >= 0.6 is 11.8 Å². The first-order valence-corrected chi connectivity index (χ1v) is 15.5. The standard InChI is InChI=1S/C27H26F7NO5S2/c28-16-1-3-17(4-2-16)35-13-15(5-6-27(32,33)34)23(29)42(38,39)22-10-20(40-14-25(7-8-25)24(36)37)21(9-19(22)35)41-18-11-26(30,31)12-18/h1-4,9-10,15,18,23H,5-8,11-14H2,(H,36,37)/t15-,23+/m1/s1. The SMILES string of the molecule is O=C(O)C1(COc2cc3c(cc2SC2CC(F)(F)C2)N(c2ccc(F)cc2)C[C@@H](CCC(F)(F)F)[C@@H](F)S3(=O)=O)CC1. The number of anilines is 2. The maximum absolute atomic E-state index is 15.7. The van der Waals surface area contributed by atoms with E-state index in [0.29, 0.717) is 12.8 Å². The largest absolute Gasteiger partial charge is 0.491 e. The Bertz CT molecular complexity index is 1450. The fourth-order valence-corrected chi connectivity index (χ4v) is 8.19. The van der Waals surface area contributed by atoms with Crippen LogP contribution in [0, 0.1) is 17.2 Å². The lowest BCUT2D eigenvalue weighted by Crippen LogP contribution is -2.37. The maximum atomic E-state index is 15.7. The zero-order valence-corrected chi connectivity index (χ0v) is 23.5. The van der Waals surface area contributed by atoms with E-state index in [2.05, 4.69) is 0 Å². The number of sulfone groups is 1. The number of benzene rings is 2. The van der Waals surface area contributed by atoms with Crippen LogP contribution in [0.25, 0.3) is 0 Å². The number of alkyl halides is 6. The Labute approximate surface area is 241 Å². The van der Waals surface area contributed by atoms with Gasteiger partial charge in [0.2, 0.25) is 21.3 Å². The topological polar surface area (TPSA) is 83.9 Å². The number of nitrogens with zero attached hydrogens (tertiary/aromatic N) is 1. The summed E-state index contributed by atoms with van der Waals surface area (Å²) in [6.07, 6.45) is -7.31. The number of carboxylic acid groups (broad SMARTS) is 1. The van der Waals surface area contributed by atoms with Crippen LogP contribution < -0.4 is 9.64 Å². The van der Waals surface area contributed by atoms with Crippen molar-refractivity contribution in [2.45, 2.75) is 71.2 Å². The highest BCUT2D eigenvalue weighted by molar-refractivity contribution is 8.00. The number of hydrogen-bond donors (Lipinski definition) is 1. The predicted octanol–water partition coefficient (Wildman–Crippen LogP) is 7.14. The number of carboxylic acids is 1. The third-order valence-electron chi connectivity index (χ3n) is 7.80. The van der Waals surface area contributed by atoms with E-state index < -0.39 is 92.9 Å². The van der Waals surface area contributed by atoms with Gasteiger partial charge in [-0.2, -0.15) is 13.2 Å². The molecule has 42 heavy (non-hydrogen) atoms. The van der Waals surface area contributed by atoms with Gasteiger partial charge in [-0.3, -0.25) is 4.79 Å². The van der Waals surface area contributed by atoms with Crippen molar-refractivity contribution in [1.82, 2.24) is 0 Å². The lowest BCUT2D eigenvalue weighted by Gasteiger charge is -2.35. The Morgan fingerprint density at radius 3 is 2.31 bits per heavy atom. The van der Waals surface area contributed by atoms with Gasteiger partial charge in [-0.25, -0.2) is 26.0 Å². The van der Waals surface area contributed by atoms with Gasteiger partial charge in [0.25, 0.3) is 0 Å². The number of rotatable bonds is 9. The molecule has 0 spiro atoms. The predicted molar refractivity (Wildman–Crippen MR) is 139 cm³/mol. The molecule has 0 bridgehead atoms. The van der Waals surface area contributed by atoms with Gasteiger partial charge in [-0.15, -0.1) is 11.8 Å². The molecule has 2 aromatic carbocycles. The smallest absolute Gasteiger partial charge is 0.389 e. The van der Waals surface area contributed by atoms with Crippen LogP contribution in [0.2, 0.25) is 0 Å². The number of halogens is 7.